The third-order valence-electron chi connectivity index (χ3n) is 3.23. The van der Waals surface area contributed by atoms with Crippen LogP contribution < -0.4 is 0 Å². The lowest BCUT2D eigenvalue weighted by Crippen LogP contribution is -1.97. The standard InChI is InChI=1S/C16H13F2N5/c1-2-13(18)8-11(9-17)7-12-3-5-19-16-14(12)10-21-23(16)15-4-6-20-22-15/h2-8,10H,1,9H2,(H,20,22)/b11-7-,13-8+. The largest absolute Gasteiger partial charge is 0.261 e. The summed E-state index contributed by atoms with van der Waals surface area (Å²) in [6.07, 6.45) is 8.52. The van der Waals surface area contributed by atoms with Crippen LogP contribution in [0.15, 0.2) is 60.9 Å². The van der Waals surface area contributed by atoms with Crippen LogP contribution in [0, 0.1) is 0 Å². The molecule has 7 heteroatoms. The van der Waals surface area contributed by atoms with Crippen LogP contribution in [0.2, 0.25) is 0 Å². The molecule has 23 heavy (non-hydrogen) atoms. The van der Waals surface area contributed by atoms with Crippen LogP contribution in [0.3, 0.4) is 0 Å². The highest BCUT2D eigenvalue weighted by molar-refractivity contribution is 5.86. The van der Waals surface area contributed by atoms with E-state index in [9.17, 15) is 8.78 Å². The second kappa shape index (κ2) is 6.35. The van der Waals surface area contributed by atoms with E-state index in [1.807, 2.05) is 0 Å². The van der Waals surface area contributed by atoms with Gasteiger partial charge in [0.2, 0.25) is 0 Å². The molecule has 0 bridgehead atoms. The van der Waals surface area contributed by atoms with Crippen molar-refractivity contribution in [3.05, 3.63) is 66.4 Å². The van der Waals surface area contributed by atoms with E-state index in [4.69, 9.17) is 0 Å². The molecule has 0 aliphatic rings. The van der Waals surface area contributed by atoms with Crippen molar-refractivity contribution in [1.82, 2.24) is 25.0 Å². The summed E-state index contributed by atoms with van der Waals surface area (Å²) in [4.78, 5) is 4.29. The Balaban J connectivity index is 2.11. The Morgan fingerprint density at radius 1 is 1.35 bits per heavy atom. The van der Waals surface area contributed by atoms with Crippen molar-refractivity contribution in [3.63, 3.8) is 0 Å². The fourth-order valence-corrected chi connectivity index (χ4v) is 2.17. The minimum Gasteiger partial charge on any atom is -0.261 e. The number of nitrogens with one attached hydrogen (secondary N) is 1. The third kappa shape index (κ3) is 2.94. The maximum atomic E-state index is 13.3. The number of hydrogen-bond acceptors (Lipinski definition) is 3. The van der Waals surface area contributed by atoms with Crippen LogP contribution in [-0.4, -0.2) is 31.6 Å². The van der Waals surface area contributed by atoms with Crippen molar-refractivity contribution in [2.45, 2.75) is 0 Å². The highest BCUT2D eigenvalue weighted by atomic mass is 19.1. The Labute approximate surface area is 130 Å². The predicted molar refractivity (Wildman–Crippen MR) is 84.4 cm³/mol. The second-order valence-corrected chi connectivity index (χ2v) is 4.72. The monoisotopic (exact) mass is 313 g/mol. The molecule has 0 aliphatic carbocycles. The number of aromatic nitrogens is 5. The van der Waals surface area contributed by atoms with Crippen molar-refractivity contribution >= 4 is 17.1 Å². The summed E-state index contributed by atoms with van der Waals surface area (Å²) in [7, 11) is 0. The number of alkyl halides is 1. The van der Waals surface area contributed by atoms with Gasteiger partial charge in [-0.2, -0.15) is 14.9 Å². The number of fused-ring (bicyclic) bond motifs is 1. The summed E-state index contributed by atoms with van der Waals surface area (Å²) in [5, 5.41) is 11.7. The van der Waals surface area contributed by atoms with Gasteiger partial charge in [0, 0.05) is 17.6 Å². The molecule has 0 aromatic carbocycles. The molecule has 0 saturated heterocycles. The molecule has 1 N–H and O–H groups in total. The molecule has 116 valence electrons. The fourth-order valence-electron chi connectivity index (χ4n) is 2.17. The molecule has 0 spiro atoms. The number of nitrogens with zero attached hydrogens (tertiary/aromatic N) is 4. The van der Waals surface area contributed by atoms with Gasteiger partial charge in [0.25, 0.3) is 0 Å². The lowest BCUT2D eigenvalue weighted by Gasteiger charge is -2.01. The van der Waals surface area contributed by atoms with E-state index in [1.165, 1.54) is 0 Å². The fraction of sp³-hybridized carbons (Fsp3) is 0.0625. The summed E-state index contributed by atoms with van der Waals surface area (Å²) >= 11 is 0. The van der Waals surface area contributed by atoms with Gasteiger partial charge in [0.15, 0.2) is 11.5 Å². The number of aromatic amines is 1. The van der Waals surface area contributed by atoms with E-state index in [1.54, 1.807) is 41.5 Å². The zero-order chi connectivity index (χ0) is 16.2. The maximum absolute atomic E-state index is 13.3. The minimum atomic E-state index is -0.792. The molecule has 0 fully saturated rings. The summed E-state index contributed by atoms with van der Waals surface area (Å²) in [5.41, 5.74) is 1.49. The highest BCUT2D eigenvalue weighted by Gasteiger charge is 2.10. The molecule has 3 rings (SSSR count). The average molecular weight is 313 g/mol. The predicted octanol–water partition coefficient (Wildman–Crippen LogP) is 3.54. The number of H-pyrrole nitrogens is 1. The smallest absolute Gasteiger partial charge is 0.165 e. The van der Waals surface area contributed by atoms with E-state index in [0.717, 1.165) is 17.5 Å². The lowest BCUT2D eigenvalue weighted by molar-refractivity contribution is 0.548. The SMILES string of the molecule is C=C/C(F)=C\C(=C\c1ccnc2c1cnn2-c1ccn[nH]1)CF. The number of halogens is 2. The third-order valence-corrected chi connectivity index (χ3v) is 3.23. The first-order chi connectivity index (χ1) is 11.2. The Morgan fingerprint density at radius 3 is 2.91 bits per heavy atom. The minimum absolute atomic E-state index is 0.198. The van der Waals surface area contributed by atoms with E-state index >= 15 is 0 Å². The Morgan fingerprint density at radius 2 is 2.22 bits per heavy atom. The van der Waals surface area contributed by atoms with E-state index in [-0.39, 0.29) is 5.57 Å². The maximum Gasteiger partial charge on any atom is 0.165 e. The van der Waals surface area contributed by atoms with Crippen molar-refractivity contribution < 1.29 is 8.78 Å². The second-order valence-electron chi connectivity index (χ2n) is 4.72. The zero-order valence-electron chi connectivity index (χ0n) is 12.1. The summed E-state index contributed by atoms with van der Waals surface area (Å²) < 4.78 is 28.0. The highest BCUT2D eigenvalue weighted by Crippen LogP contribution is 2.22. The van der Waals surface area contributed by atoms with Crippen molar-refractivity contribution in [3.8, 4) is 5.82 Å². The molecule has 0 radical (unpaired) electrons. The first-order valence-corrected chi connectivity index (χ1v) is 6.81. The molecule has 3 heterocycles. The van der Waals surface area contributed by atoms with Gasteiger partial charge in [-0.3, -0.25) is 5.10 Å². The Hall–Kier alpha value is -3.09. The molecule has 0 aliphatic heterocycles. The number of hydrogen-bond donors (Lipinski definition) is 1. The molecule has 0 unspecified atom stereocenters. The van der Waals surface area contributed by atoms with Gasteiger partial charge in [0.05, 0.1) is 12.4 Å². The van der Waals surface area contributed by atoms with Gasteiger partial charge < -0.3 is 0 Å². The molecule has 0 amide bonds. The van der Waals surface area contributed by atoms with Gasteiger partial charge in [0.1, 0.15) is 12.5 Å². The van der Waals surface area contributed by atoms with Crippen molar-refractivity contribution in [1.29, 1.82) is 0 Å². The quantitative estimate of drug-likeness (QED) is 0.733. The van der Waals surface area contributed by atoms with Crippen LogP contribution in [0.25, 0.3) is 22.9 Å². The molecule has 3 aromatic rings. The van der Waals surface area contributed by atoms with Crippen LogP contribution in [-0.2, 0) is 0 Å². The molecular formula is C16H13F2N5. The van der Waals surface area contributed by atoms with Crippen LogP contribution in [0.5, 0.6) is 0 Å². The topological polar surface area (TPSA) is 59.4 Å². The first kappa shape index (κ1) is 14.8. The van der Waals surface area contributed by atoms with Crippen molar-refractivity contribution in [2.75, 3.05) is 6.67 Å². The van der Waals surface area contributed by atoms with Gasteiger partial charge in [-0.15, -0.1) is 0 Å². The first-order valence-electron chi connectivity index (χ1n) is 6.81. The van der Waals surface area contributed by atoms with Crippen LogP contribution >= 0.6 is 0 Å². The molecule has 3 aromatic heterocycles. The van der Waals surface area contributed by atoms with Gasteiger partial charge in [-0.25, -0.2) is 13.8 Å². The zero-order valence-corrected chi connectivity index (χ0v) is 12.1. The number of rotatable bonds is 5. The van der Waals surface area contributed by atoms with Crippen LogP contribution in [0.4, 0.5) is 8.78 Å². The molecule has 5 nitrogen and oxygen atoms in total. The van der Waals surface area contributed by atoms with Gasteiger partial charge in [-0.1, -0.05) is 6.58 Å². The lowest BCUT2D eigenvalue weighted by atomic mass is 10.1. The van der Waals surface area contributed by atoms with E-state index in [2.05, 4.69) is 26.9 Å². The molecule has 0 saturated carbocycles. The summed E-state index contributed by atoms with van der Waals surface area (Å²) in [6.45, 7) is 2.52. The van der Waals surface area contributed by atoms with Gasteiger partial charge in [-0.05, 0) is 35.4 Å². The van der Waals surface area contributed by atoms with E-state index < -0.39 is 12.5 Å². The molecule has 0 atom stereocenters. The van der Waals surface area contributed by atoms with E-state index in [0.29, 0.717) is 17.0 Å². The molecular weight excluding hydrogens is 300 g/mol. The van der Waals surface area contributed by atoms with Crippen molar-refractivity contribution in [2.24, 2.45) is 0 Å². The number of allylic oxidation sites excluding steroid dienone is 4. The Kier molecular flexibility index (Phi) is 4.09. The summed E-state index contributed by atoms with van der Waals surface area (Å²) in [6, 6.07) is 3.47. The summed E-state index contributed by atoms with van der Waals surface area (Å²) in [5.74, 6) is 0.0734. The average Bonchev–Trinajstić information content (AvgIpc) is 3.23. The van der Waals surface area contributed by atoms with Gasteiger partial charge >= 0.3 is 0 Å². The number of pyridine rings is 1. The normalized spacial score (nSPS) is 12.8. The Bertz CT molecular complexity index is 890. The van der Waals surface area contributed by atoms with Crippen LogP contribution in [0.1, 0.15) is 5.56 Å².